The number of hydrogen-bond acceptors (Lipinski definition) is 3. The van der Waals surface area contributed by atoms with E-state index in [4.69, 9.17) is 0 Å². The summed E-state index contributed by atoms with van der Waals surface area (Å²) in [6.07, 6.45) is 5.48. The van der Waals surface area contributed by atoms with E-state index >= 15 is 0 Å². The zero-order valence-electron chi connectivity index (χ0n) is 14.1. The van der Waals surface area contributed by atoms with Gasteiger partial charge in [-0.25, -0.2) is 4.39 Å². The fraction of sp³-hybridized carbons (Fsp3) is 0.579. The topological polar surface area (TPSA) is 56.1 Å². The molecule has 0 bridgehead atoms. The van der Waals surface area contributed by atoms with Crippen molar-refractivity contribution in [1.29, 1.82) is 5.26 Å². The first-order chi connectivity index (χ1) is 11.5. The normalized spacial score (nSPS) is 20.6. The minimum Gasteiger partial charge on any atom is -0.337 e. The Labute approximate surface area is 142 Å². The van der Waals surface area contributed by atoms with Crippen molar-refractivity contribution in [1.82, 2.24) is 10.2 Å². The molecule has 128 valence electrons. The van der Waals surface area contributed by atoms with Crippen LogP contribution in [0.15, 0.2) is 24.3 Å². The first-order valence-electron chi connectivity index (χ1n) is 8.77. The molecule has 0 aromatic heterocycles. The molecule has 0 spiro atoms. The van der Waals surface area contributed by atoms with Gasteiger partial charge in [-0.15, -0.1) is 0 Å². The maximum atomic E-state index is 14.1. The molecule has 5 heteroatoms. The number of halogens is 1. The smallest absolute Gasteiger partial charge is 0.235 e. The number of carbonyl (C=O) groups is 1. The lowest BCUT2D eigenvalue weighted by molar-refractivity contribution is -0.124. The Hall–Kier alpha value is -1.93. The fourth-order valence-electron chi connectivity index (χ4n) is 3.70. The lowest BCUT2D eigenvalue weighted by atomic mass is 10.00. The van der Waals surface area contributed by atoms with E-state index in [1.807, 2.05) is 13.0 Å². The molecular weight excluding hydrogens is 305 g/mol. The van der Waals surface area contributed by atoms with Gasteiger partial charge in [0.15, 0.2) is 0 Å². The second-order valence-electron chi connectivity index (χ2n) is 7.05. The maximum absolute atomic E-state index is 14.1. The van der Waals surface area contributed by atoms with E-state index in [0.29, 0.717) is 11.6 Å². The van der Waals surface area contributed by atoms with Crippen molar-refractivity contribution in [3.05, 3.63) is 35.6 Å². The van der Waals surface area contributed by atoms with Crippen molar-refractivity contribution < 1.29 is 9.18 Å². The number of nitrogens with one attached hydrogen (secondary N) is 1. The van der Waals surface area contributed by atoms with Crippen molar-refractivity contribution in [2.45, 2.75) is 63.1 Å². The van der Waals surface area contributed by atoms with Crippen molar-refractivity contribution in [3.63, 3.8) is 0 Å². The number of benzene rings is 1. The Bertz CT molecular complexity index is 644. The third-order valence-corrected chi connectivity index (χ3v) is 5.24. The zero-order valence-corrected chi connectivity index (χ0v) is 14.1. The van der Waals surface area contributed by atoms with Crippen LogP contribution in [0.2, 0.25) is 0 Å². The first-order valence-corrected chi connectivity index (χ1v) is 8.77. The molecule has 2 fully saturated rings. The third-order valence-electron chi connectivity index (χ3n) is 5.24. The van der Waals surface area contributed by atoms with Crippen LogP contribution in [0.4, 0.5) is 4.39 Å². The van der Waals surface area contributed by atoms with E-state index in [2.05, 4.69) is 16.3 Å². The van der Waals surface area contributed by atoms with Crippen LogP contribution in [0.3, 0.4) is 0 Å². The molecule has 1 amide bonds. The van der Waals surface area contributed by atoms with Crippen LogP contribution in [0.25, 0.3) is 0 Å². The summed E-state index contributed by atoms with van der Waals surface area (Å²) in [4.78, 5) is 14.6. The van der Waals surface area contributed by atoms with Gasteiger partial charge in [0.2, 0.25) is 5.91 Å². The van der Waals surface area contributed by atoms with Crippen molar-refractivity contribution in [3.8, 4) is 6.07 Å². The minimum atomic E-state index is -0.701. The summed E-state index contributed by atoms with van der Waals surface area (Å²) in [5, 5.41) is 12.4. The third kappa shape index (κ3) is 3.59. The molecular formula is C19H24FN3O. The number of rotatable bonds is 6. The average Bonchev–Trinajstić information content (AvgIpc) is 3.32. The highest BCUT2D eigenvalue weighted by Gasteiger charge is 2.38. The van der Waals surface area contributed by atoms with Crippen LogP contribution in [0, 0.1) is 17.1 Å². The molecule has 1 aromatic carbocycles. The van der Waals surface area contributed by atoms with Gasteiger partial charge in [0.1, 0.15) is 11.4 Å². The minimum absolute atomic E-state index is 0.131. The maximum Gasteiger partial charge on any atom is 0.235 e. The van der Waals surface area contributed by atoms with Crippen molar-refractivity contribution >= 4 is 5.91 Å². The summed E-state index contributed by atoms with van der Waals surface area (Å²) in [5.74, 6) is -0.367. The molecule has 0 saturated heterocycles. The predicted molar refractivity (Wildman–Crippen MR) is 89.5 cm³/mol. The van der Waals surface area contributed by atoms with Gasteiger partial charge in [0.25, 0.3) is 0 Å². The van der Waals surface area contributed by atoms with E-state index in [1.165, 1.54) is 6.07 Å². The Morgan fingerprint density at radius 3 is 2.67 bits per heavy atom. The molecule has 1 N–H and O–H groups in total. The molecule has 1 atom stereocenters. The Balaban J connectivity index is 1.69. The van der Waals surface area contributed by atoms with E-state index in [-0.39, 0.29) is 24.3 Å². The lowest BCUT2D eigenvalue weighted by Gasteiger charge is -2.31. The second kappa shape index (κ2) is 6.90. The molecule has 2 aliphatic carbocycles. The summed E-state index contributed by atoms with van der Waals surface area (Å²) in [7, 11) is 0. The zero-order chi connectivity index (χ0) is 17.2. The number of nitrogens with zero attached hydrogens (tertiary/aromatic N) is 2. The molecule has 4 nitrogen and oxygen atoms in total. The highest BCUT2D eigenvalue weighted by molar-refractivity contribution is 5.79. The Morgan fingerprint density at radius 2 is 2.08 bits per heavy atom. The number of nitriles is 1. The summed E-state index contributed by atoms with van der Waals surface area (Å²) in [6, 6.07) is 9.19. The molecule has 0 heterocycles. The molecule has 24 heavy (non-hydrogen) atoms. The van der Waals surface area contributed by atoms with Crippen LogP contribution >= 0.6 is 0 Å². The van der Waals surface area contributed by atoms with Gasteiger partial charge < -0.3 is 5.32 Å². The quantitative estimate of drug-likeness (QED) is 0.871. The van der Waals surface area contributed by atoms with Gasteiger partial charge in [-0.3, -0.25) is 9.69 Å². The van der Waals surface area contributed by atoms with Crippen molar-refractivity contribution in [2.75, 3.05) is 6.54 Å². The summed E-state index contributed by atoms with van der Waals surface area (Å²) < 4.78 is 14.1. The van der Waals surface area contributed by atoms with Gasteiger partial charge in [0.05, 0.1) is 12.6 Å². The van der Waals surface area contributed by atoms with Crippen LogP contribution in [0.5, 0.6) is 0 Å². The summed E-state index contributed by atoms with van der Waals surface area (Å²) in [5.41, 5.74) is -0.0823. The Kier molecular flexibility index (Phi) is 4.86. The summed E-state index contributed by atoms with van der Waals surface area (Å²) >= 11 is 0. The van der Waals surface area contributed by atoms with E-state index in [0.717, 1.165) is 38.5 Å². The van der Waals surface area contributed by atoms with Crippen LogP contribution < -0.4 is 5.32 Å². The van der Waals surface area contributed by atoms with Gasteiger partial charge >= 0.3 is 0 Å². The Morgan fingerprint density at radius 1 is 1.42 bits per heavy atom. The van der Waals surface area contributed by atoms with E-state index in [1.54, 1.807) is 12.1 Å². The fourth-order valence-corrected chi connectivity index (χ4v) is 3.70. The lowest BCUT2D eigenvalue weighted by Crippen LogP contribution is -2.49. The average molecular weight is 329 g/mol. The van der Waals surface area contributed by atoms with E-state index < -0.39 is 5.54 Å². The van der Waals surface area contributed by atoms with Gasteiger partial charge in [-0.2, -0.15) is 5.26 Å². The standard InChI is InChI=1S/C19H24FN3O/c1-14(16-6-2-3-7-17(16)20)23(15-8-9-15)12-18(24)22-19(13-21)10-4-5-11-19/h2-3,6-7,14-15H,4-5,8-12H2,1H3,(H,22,24). The highest BCUT2D eigenvalue weighted by Crippen LogP contribution is 2.35. The van der Waals surface area contributed by atoms with Gasteiger partial charge in [-0.1, -0.05) is 18.2 Å². The largest absolute Gasteiger partial charge is 0.337 e. The first kappa shape index (κ1) is 16.9. The molecule has 1 unspecified atom stereocenters. The van der Waals surface area contributed by atoms with Gasteiger partial charge in [-0.05, 0) is 51.5 Å². The van der Waals surface area contributed by atoms with E-state index in [9.17, 15) is 14.4 Å². The number of carbonyl (C=O) groups excluding carboxylic acids is 1. The van der Waals surface area contributed by atoms with Crippen LogP contribution in [-0.2, 0) is 4.79 Å². The molecule has 0 radical (unpaired) electrons. The van der Waals surface area contributed by atoms with Crippen molar-refractivity contribution in [2.24, 2.45) is 0 Å². The number of hydrogen-bond donors (Lipinski definition) is 1. The molecule has 2 aliphatic rings. The molecule has 0 aliphatic heterocycles. The molecule has 3 rings (SSSR count). The monoisotopic (exact) mass is 329 g/mol. The van der Waals surface area contributed by atoms with Crippen LogP contribution in [-0.4, -0.2) is 28.9 Å². The predicted octanol–water partition coefficient (Wildman–Crippen LogP) is 3.30. The highest BCUT2D eigenvalue weighted by atomic mass is 19.1. The SMILES string of the molecule is CC(c1ccccc1F)N(CC(=O)NC1(C#N)CCCC1)C1CC1. The number of amides is 1. The molecule has 2 saturated carbocycles. The van der Waals surface area contributed by atoms with Crippen LogP contribution in [0.1, 0.15) is 57.1 Å². The van der Waals surface area contributed by atoms with Gasteiger partial charge in [0, 0.05) is 17.6 Å². The molecule has 1 aromatic rings. The second-order valence-corrected chi connectivity index (χ2v) is 7.05. The summed E-state index contributed by atoms with van der Waals surface area (Å²) in [6.45, 7) is 2.16.